The van der Waals surface area contributed by atoms with Crippen molar-refractivity contribution in [3.05, 3.63) is 29.3 Å². The number of carbonyl (C=O) groups is 1. The van der Waals surface area contributed by atoms with Crippen molar-refractivity contribution in [2.45, 2.75) is 19.4 Å². The van der Waals surface area contributed by atoms with E-state index in [2.05, 4.69) is 4.74 Å². The molecule has 3 N–H and O–H groups in total. The highest BCUT2D eigenvalue weighted by Gasteiger charge is 2.21. The summed E-state index contributed by atoms with van der Waals surface area (Å²) in [7, 11) is 0. The predicted molar refractivity (Wildman–Crippen MR) is 56.3 cm³/mol. The first kappa shape index (κ1) is 13.4. The molecular formula is C11H13F2NO3. The molecule has 94 valence electrons. The Morgan fingerprint density at radius 1 is 1.47 bits per heavy atom. The number of hydrogen-bond donors (Lipinski definition) is 2. The molecule has 0 aliphatic carbocycles. The first-order chi connectivity index (χ1) is 7.97. The van der Waals surface area contributed by atoms with Crippen LogP contribution in [0.2, 0.25) is 0 Å². The highest BCUT2D eigenvalue weighted by molar-refractivity contribution is 5.76. The van der Waals surface area contributed by atoms with Gasteiger partial charge in [-0.1, -0.05) is 0 Å². The number of aromatic hydroxyl groups is 1. The predicted octanol–water partition coefficient (Wildman–Crippen LogP) is 1.10. The molecule has 0 saturated carbocycles. The Labute approximate surface area is 97.0 Å². The van der Waals surface area contributed by atoms with Crippen LogP contribution in [0.4, 0.5) is 8.78 Å². The molecule has 0 fully saturated rings. The van der Waals surface area contributed by atoms with Gasteiger partial charge in [0.25, 0.3) is 0 Å². The zero-order valence-electron chi connectivity index (χ0n) is 9.24. The van der Waals surface area contributed by atoms with Gasteiger partial charge in [0.15, 0.2) is 11.6 Å². The minimum Gasteiger partial charge on any atom is -0.505 e. The van der Waals surface area contributed by atoms with Crippen LogP contribution >= 0.6 is 0 Å². The lowest BCUT2D eigenvalue weighted by Crippen LogP contribution is -2.34. The van der Waals surface area contributed by atoms with E-state index in [9.17, 15) is 18.7 Å². The summed E-state index contributed by atoms with van der Waals surface area (Å²) in [6, 6.07) is 0.518. The Bertz CT molecular complexity index is 423. The molecule has 0 aliphatic heterocycles. The summed E-state index contributed by atoms with van der Waals surface area (Å²) in [4.78, 5) is 11.2. The van der Waals surface area contributed by atoms with E-state index in [1.54, 1.807) is 6.92 Å². The van der Waals surface area contributed by atoms with Gasteiger partial charge in [0.2, 0.25) is 0 Å². The third-order valence-corrected chi connectivity index (χ3v) is 2.19. The summed E-state index contributed by atoms with van der Waals surface area (Å²) in [6.45, 7) is 1.75. The van der Waals surface area contributed by atoms with Gasteiger partial charge in [-0.15, -0.1) is 0 Å². The van der Waals surface area contributed by atoms with Crippen molar-refractivity contribution in [3.8, 4) is 5.75 Å². The van der Waals surface area contributed by atoms with Crippen LogP contribution in [0, 0.1) is 11.6 Å². The lowest BCUT2D eigenvalue weighted by Gasteiger charge is -2.12. The lowest BCUT2D eigenvalue weighted by atomic mass is 10.0. The third-order valence-electron chi connectivity index (χ3n) is 2.19. The van der Waals surface area contributed by atoms with E-state index < -0.39 is 29.4 Å². The summed E-state index contributed by atoms with van der Waals surface area (Å²) < 4.78 is 30.9. The fourth-order valence-corrected chi connectivity index (χ4v) is 1.33. The van der Waals surface area contributed by atoms with E-state index in [-0.39, 0.29) is 18.6 Å². The van der Waals surface area contributed by atoms with E-state index >= 15 is 0 Å². The molecule has 0 saturated heterocycles. The number of benzene rings is 1. The number of ether oxygens (including phenoxy) is 1. The lowest BCUT2D eigenvalue weighted by molar-refractivity contribution is -0.144. The molecule has 0 radical (unpaired) electrons. The Morgan fingerprint density at radius 2 is 2.06 bits per heavy atom. The molecule has 0 aromatic heterocycles. The third kappa shape index (κ3) is 3.13. The van der Waals surface area contributed by atoms with Crippen molar-refractivity contribution in [2.24, 2.45) is 5.73 Å². The summed E-state index contributed by atoms with van der Waals surface area (Å²) in [6.07, 6.45) is -0.325. The molecule has 0 aliphatic rings. The monoisotopic (exact) mass is 245 g/mol. The molecule has 0 spiro atoms. The van der Waals surface area contributed by atoms with Gasteiger partial charge in [-0.05, 0) is 19.1 Å². The first-order valence-corrected chi connectivity index (χ1v) is 5.05. The van der Waals surface area contributed by atoms with E-state index in [1.807, 2.05) is 0 Å². The topological polar surface area (TPSA) is 72.5 Å². The smallest absolute Gasteiger partial charge is 0.323 e. The minimum atomic E-state index is -1.14. The van der Waals surface area contributed by atoms with Gasteiger partial charge in [0, 0.05) is 12.0 Å². The van der Waals surface area contributed by atoms with Crippen molar-refractivity contribution in [1.82, 2.24) is 0 Å². The average molecular weight is 245 g/mol. The fourth-order valence-electron chi connectivity index (χ4n) is 1.33. The number of halogens is 2. The van der Waals surface area contributed by atoms with Crippen molar-refractivity contribution < 1.29 is 23.4 Å². The van der Waals surface area contributed by atoms with Gasteiger partial charge in [-0.25, -0.2) is 8.78 Å². The van der Waals surface area contributed by atoms with Crippen molar-refractivity contribution in [2.75, 3.05) is 6.61 Å². The highest BCUT2D eigenvalue weighted by Crippen LogP contribution is 2.25. The Balaban J connectivity index is 2.88. The van der Waals surface area contributed by atoms with Gasteiger partial charge in [-0.3, -0.25) is 4.79 Å². The number of nitrogens with two attached hydrogens (primary N) is 1. The van der Waals surface area contributed by atoms with E-state index in [1.165, 1.54) is 0 Å². The quantitative estimate of drug-likeness (QED) is 0.779. The van der Waals surface area contributed by atoms with Crippen LogP contribution in [0.5, 0.6) is 5.75 Å². The maximum Gasteiger partial charge on any atom is 0.323 e. The van der Waals surface area contributed by atoms with Gasteiger partial charge in [0.1, 0.15) is 11.9 Å². The molecule has 4 nitrogen and oxygen atoms in total. The Kier molecular flexibility index (Phi) is 4.39. The van der Waals surface area contributed by atoms with Crippen LogP contribution in [0.25, 0.3) is 0 Å². The average Bonchev–Trinajstić information content (AvgIpc) is 2.29. The number of esters is 1. The fraction of sp³-hybridized carbons (Fsp3) is 0.364. The second-order valence-corrected chi connectivity index (χ2v) is 3.42. The maximum absolute atomic E-state index is 13.3. The molecule has 1 aromatic rings. The largest absolute Gasteiger partial charge is 0.505 e. The zero-order chi connectivity index (χ0) is 13.0. The van der Waals surface area contributed by atoms with E-state index in [0.717, 1.165) is 12.1 Å². The summed E-state index contributed by atoms with van der Waals surface area (Å²) in [5.74, 6) is -3.33. The summed E-state index contributed by atoms with van der Waals surface area (Å²) in [5.41, 5.74) is 5.12. The molecular weight excluding hydrogens is 232 g/mol. The molecule has 0 heterocycles. The highest BCUT2D eigenvalue weighted by atomic mass is 19.1. The molecule has 1 rings (SSSR count). The normalized spacial score (nSPS) is 12.2. The van der Waals surface area contributed by atoms with Crippen LogP contribution < -0.4 is 5.73 Å². The summed E-state index contributed by atoms with van der Waals surface area (Å²) in [5, 5.41) is 9.32. The molecule has 1 atom stereocenters. The number of rotatable bonds is 4. The number of carbonyl (C=O) groups excluding carboxylic acids is 1. The number of phenolic OH excluding ortho intramolecular Hbond substituents is 1. The summed E-state index contributed by atoms with van der Waals surface area (Å²) >= 11 is 0. The van der Waals surface area contributed by atoms with E-state index in [4.69, 9.17) is 5.73 Å². The molecule has 1 unspecified atom stereocenters. The molecule has 1 aromatic carbocycles. The van der Waals surface area contributed by atoms with Gasteiger partial charge >= 0.3 is 5.97 Å². The van der Waals surface area contributed by atoms with Gasteiger partial charge in [-0.2, -0.15) is 0 Å². The second-order valence-electron chi connectivity index (χ2n) is 3.42. The van der Waals surface area contributed by atoms with Crippen molar-refractivity contribution in [3.63, 3.8) is 0 Å². The van der Waals surface area contributed by atoms with Gasteiger partial charge < -0.3 is 15.6 Å². The van der Waals surface area contributed by atoms with Crippen LogP contribution in [0.15, 0.2) is 12.1 Å². The van der Waals surface area contributed by atoms with E-state index in [0.29, 0.717) is 0 Å². The molecule has 17 heavy (non-hydrogen) atoms. The first-order valence-electron chi connectivity index (χ1n) is 5.05. The molecule has 0 bridgehead atoms. The second kappa shape index (κ2) is 5.58. The zero-order valence-corrected chi connectivity index (χ0v) is 9.24. The maximum atomic E-state index is 13.3. The van der Waals surface area contributed by atoms with Gasteiger partial charge in [0.05, 0.1) is 6.61 Å². The van der Waals surface area contributed by atoms with Crippen LogP contribution in [0.3, 0.4) is 0 Å². The Morgan fingerprint density at radius 3 is 2.65 bits per heavy atom. The van der Waals surface area contributed by atoms with Crippen molar-refractivity contribution in [1.29, 1.82) is 0 Å². The van der Waals surface area contributed by atoms with Crippen LogP contribution in [0.1, 0.15) is 12.5 Å². The standard InChI is InChI=1S/C11H13F2NO3/c1-2-17-11(16)9(14)5-6-7(12)3-4-8(13)10(6)15/h3-4,9,15H,2,5,14H2,1H3. The molecule has 6 heteroatoms. The Hall–Kier alpha value is -1.69. The van der Waals surface area contributed by atoms with Crippen LogP contribution in [-0.4, -0.2) is 23.7 Å². The number of phenols is 1. The van der Waals surface area contributed by atoms with Crippen LogP contribution in [-0.2, 0) is 16.0 Å². The molecule has 0 amide bonds. The number of hydrogen-bond acceptors (Lipinski definition) is 4. The SMILES string of the molecule is CCOC(=O)C(N)Cc1c(F)ccc(F)c1O. The minimum absolute atomic E-state index is 0.143. The van der Waals surface area contributed by atoms with Crippen molar-refractivity contribution >= 4 is 5.97 Å².